The van der Waals surface area contributed by atoms with E-state index >= 15 is 0 Å². The lowest BCUT2D eigenvalue weighted by molar-refractivity contribution is -0.142. The van der Waals surface area contributed by atoms with Gasteiger partial charge in [0, 0.05) is 29.6 Å². The number of nitrogens with zero attached hydrogens (tertiary/aromatic N) is 1. The van der Waals surface area contributed by atoms with Crippen LogP contribution < -0.4 is 5.32 Å². The molecule has 0 saturated heterocycles. The molecule has 0 saturated carbocycles. The number of hydrogen-bond donors (Lipinski definition) is 3. The quantitative estimate of drug-likeness (QED) is 0.756. The molecule has 1 aliphatic rings. The molecule has 6 nitrogen and oxygen atoms in total. The van der Waals surface area contributed by atoms with E-state index in [0.717, 1.165) is 22.2 Å². The summed E-state index contributed by atoms with van der Waals surface area (Å²) >= 11 is 0. The fourth-order valence-corrected chi connectivity index (χ4v) is 2.90. The lowest BCUT2D eigenvalue weighted by Crippen LogP contribution is -2.52. The number of aromatic amines is 1. The maximum absolute atomic E-state index is 12.2. The summed E-state index contributed by atoms with van der Waals surface area (Å²) in [7, 11) is 0. The first-order valence-corrected chi connectivity index (χ1v) is 7.08. The molecule has 1 atom stereocenters. The van der Waals surface area contributed by atoms with E-state index in [1.807, 2.05) is 24.3 Å². The molecule has 114 valence electrons. The summed E-state index contributed by atoms with van der Waals surface area (Å²) in [5.74, 6) is -0.996. The molecule has 0 bridgehead atoms. The molecule has 0 aliphatic carbocycles. The van der Waals surface area contributed by atoms with Gasteiger partial charge in [0.1, 0.15) is 6.04 Å². The molecule has 1 aromatic heterocycles. The average molecular weight is 299 g/mol. The molecule has 3 rings (SSSR count). The maximum Gasteiger partial charge on any atom is 0.326 e. The van der Waals surface area contributed by atoms with Crippen molar-refractivity contribution in [2.45, 2.75) is 19.0 Å². The summed E-state index contributed by atoms with van der Waals surface area (Å²) < 4.78 is 0. The average Bonchev–Trinajstić information content (AvgIpc) is 2.88. The van der Waals surface area contributed by atoms with Crippen LogP contribution in [-0.4, -0.2) is 39.6 Å². The van der Waals surface area contributed by atoms with Crippen molar-refractivity contribution in [1.29, 1.82) is 0 Å². The Kier molecular flexibility index (Phi) is 3.58. The molecular weight excluding hydrogens is 282 g/mol. The Morgan fingerprint density at radius 3 is 2.95 bits per heavy atom. The Balaban J connectivity index is 1.98. The third-order valence-corrected chi connectivity index (χ3v) is 3.95. The number of carbonyl (C=O) groups excluding carboxylic acids is 1. The zero-order chi connectivity index (χ0) is 15.7. The molecule has 3 N–H and O–H groups in total. The molecule has 2 amide bonds. The van der Waals surface area contributed by atoms with E-state index in [1.54, 1.807) is 6.08 Å². The number of carbonyl (C=O) groups is 2. The first-order chi connectivity index (χ1) is 10.6. The zero-order valence-electron chi connectivity index (χ0n) is 12.0. The Labute approximate surface area is 127 Å². The Bertz CT molecular complexity index is 750. The van der Waals surface area contributed by atoms with Crippen molar-refractivity contribution < 1.29 is 14.7 Å². The molecule has 22 heavy (non-hydrogen) atoms. The minimum Gasteiger partial charge on any atom is -0.480 e. The van der Waals surface area contributed by atoms with Crippen LogP contribution >= 0.6 is 0 Å². The largest absolute Gasteiger partial charge is 0.480 e. The first kappa shape index (κ1) is 14.2. The topological polar surface area (TPSA) is 85.4 Å². The van der Waals surface area contributed by atoms with Gasteiger partial charge in [-0.2, -0.15) is 0 Å². The van der Waals surface area contributed by atoms with Gasteiger partial charge >= 0.3 is 12.0 Å². The highest BCUT2D eigenvalue weighted by molar-refractivity contribution is 5.89. The number of benzene rings is 1. The van der Waals surface area contributed by atoms with Gasteiger partial charge in [0.15, 0.2) is 0 Å². The van der Waals surface area contributed by atoms with E-state index in [9.17, 15) is 14.7 Å². The molecule has 6 heteroatoms. The number of hydrogen-bond acceptors (Lipinski definition) is 2. The monoisotopic (exact) mass is 299 g/mol. The predicted octanol–water partition coefficient (Wildman–Crippen LogP) is 1.87. The van der Waals surface area contributed by atoms with E-state index in [0.29, 0.717) is 13.0 Å². The van der Waals surface area contributed by atoms with Crippen LogP contribution in [0.15, 0.2) is 36.9 Å². The maximum atomic E-state index is 12.2. The lowest BCUT2D eigenvalue weighted by Gasteiger charge is -2.33. The minimum atomic E-state index is -0.996. The highest BCUT2D eigenvalue weighted by Crippen LogP contribution is 2.30. The van der Waals surface area contributed by atoms with E-state index in [1.165, 1.54) is 4.90 Å². The SMILES string of the molecule is C=CCNC(=O)N1Cc2[nH]c3ccccc3c2CC1C(=O)O. The molecule has 0 fully saturated rings. The lowest BCUT2D eigenvalue weighted by atomic mass is 9.97. The summed E-state index contributed by atoms with van der Waals surface area (Å²) in [6, 6.07) is 6.51. The molecule has 1 aliphatic heterocycles. The summed E-state index contributed by atoms with van der Waals surface area (Å²) in [6.45, 7) is 4.10. The van der Waals surface area contributed by atoms with E-state index in [-0.39, 0.29) is 6.54 Å². The Hall–Kier alpha value is -2.76. The number of para-hydroxylation sites is 1. The van der Waals surface area contributed by atoms with Gasteiger partial charge in [-0.05, 0) is 11.6 Å². The molecule has 1 unspecified atom stereocenters. The van der Waals surface area contributed by atoms with Gasteiger partial charge in [0.25, 0.3) is 0 Å². The number of nitrogens with one attached hydrogen (secondary N) is 2. The highest BCUT2D eigenvalue weighted by atomic mass is 16.4. The van der Waals surface area contributed by atoms with Crippen LogP contribution in [0.25, 0.3) is 10.9 Å². The second-order valence-corrected chi connectivity index (χ2v) is 5.29. The number of aliphatic carboxylic acids is 1. The van der Waals surface area contributed by atoms with Gasteiger partial charge in [-0.25, -0.2) is 9.59 Å². The van der Waals surface area contributed by atoms with Gasteiger partial charge in [-0.3, -0.25) is 0 Å². The van der Waals surface area contributed by atoms with Crippen LogP contribution in [0, 0.1) is 0 Å². The normalized spacial score (nSPS) is 17.1. The van der Waals surface area contributed by atoms with Crippen LogP contribution in [0.2, 0.25) is 0 Å². The highest BCUT2D eigenvalue weighted by Gasteiger charge is 2.36. The van der Waals surface area contributed by atoms with Crippen molar-refractivity contribution >= 4 is 22.9 Å². The van der Waals surface area contributed by atoms with E-state index < -0.39 is 18.0 Å². The number of carboxylic acids is 1. The van der Waals surface area contributed by atoms with Crippen molar-refractivity contribution in [2.75, 3.05) is 6.54 Å². The minimum absolute atomic E-state index is 0.254. The summed E-state index contributed by atoms with van der Waals surface area (Å²) in [5, 5.41) is 13.1. The molecular formula is C16H17N3O3. The van der Waals surface area contributed by atoms with Gasteiger partial charge in [0.05, 0.1) is 6.54 Å². The summed E-state index contributed by atoms with van der Waals surface area (Å²) in [6.07, 6.45) is 1.86. The van der Waals surface area contributed by atoms with Crippen LogP contribution in [0.3, 0.4) is 0 Å². The number of urea groups is 1. The molecule has 0 radical (unpaired) electrons. The Morgan fingerprint density at radius 2 is 2.23 bits per heavy atom. The van der Waals surface area contributed by atoms with Gasteiger partial charge in [0.2, 0.25) is 0 Å². The molecule has 2 heterocycles. The first-order valence-electron chi connectivity index (χ1n) is 7.08. The van der Waals surface area contributed by atoms with Crippen molar-refractivity contribution in [3.05, 3.63) is 48.2 Å². The molecule has 0 spiro atoms. The number of carboxylic acid groups (broad SMARTS) is 1. The fourth-order valence-electron chi connectivity index (χ4n) is 2.90. The van der Waals surface area contributed by atoms with Crippen molar-refractivity contribution in [3.63, 3.8) is 0 Å². The van der Waals surface area contributed by atoms with Crippen LogP contribution in [-0.2, 0) is 17.8 Å². The van der Waals surface area contributed by atoms with Crippen LogP contribution in [0.1, 0.15) is 11.3 Å². The smallest absolute Gasteiger partial charge is 0.326 e. The number of fused-ring (bicyclic) bond motifs is 3. The number of aromatic nitrogens is 1. The fraction of sp³-hybridized carbons (Fsp3) is 0.250. The van der Waals surface area contributed by atoms with E-state index in [2.05, 4.69) is 16.9 Å². The van der Waals surface area contributed by atoms with Crippen molar-refractivity contribution in [2.24, 2.45) is 0 Å². The third-order valence-electron chi connectivity index (χ3n) is 3.95. The van der Waals surface area contributed by atoms with Gasteiger partial charge in [-0.15, -0.1) is 6.58 Å². The van der Waals surface area contributed by atoms with Crippen LogP contribution in [0.5, 0.6) is 0 Å². The van der Waals surface area contributed by atoms with Crippen molar-refractivity contribution in [3.8, 4) is 0 Å². The summed E-state index contributed by atoms with van der Waals surface area (Å²) in [5.41, 5.74) is 2.84. The second kappa shape index (κ2) is 5.55. The zero-order valence-corrected chi connectivity index (χ0v) is 12.0. The number of H-pyrrole nitrogens is 1. The van der Waals surface area contributed by atoms with Crippen LogP contribution in [0.4, 0.5) is 4.79 Å². The third kappa shape index (κ3) is 2.32. The second-order valence-electron chi connectivity index (χ2n) is 5.29. The number of rotatable bonds is 3. The standard InChI is InChI=1S/C16H17N3O3/c1-2-7-17-16(22)19-9-13-11(8-14(19)15(20)21)10-5-3-4-6-12(10)18-13/h2-6,14,18H,1,7-9H2,(H,17,22)(H,20,21). The van der Waals surface area contributed by atoms with Gasteiger partial charge in [-0.1, -0.05) is 24.3 Å². The Morgan fingerprint density at radius 1 is 1.45 bits per heavy atom. The summed E-state index contributed by atoms with van der Waals surface area (Å²) in [4.78, 5) is 28.4. The number of amides is 2. The molecule has 1 aromatic carbocycles. The van der Waals surface area contributed by atoms with Gasteiger partial charge < -0.3 is 20.3 Å². The van der Waals surface area contributed by atoms with Crippen molar-refractivity contribution in [1.82, 2.24) is 15.2 Å². The van der Waals surface area contributed by atoms with E-state index in [4.69, 9.17) is 0 Å². The molecule has 2 aromatic rings. The predicted molar refractivity (Wildman–Crippen MR) is 82.6 cm³/mol.